The Bertz CT molecular complexity index is 728. The van der Waals surface area contributed by atoms with E-state index in [1.807, 2.05) is 36.9 Å². The first-order valence-corrected chi connectivity index (χ1v) is 6.57. The molecule has 5 nitrogen and oxygen atoms in total. The van der Waals surface area contributed by atoms with Gasteiger partial charge in [-0.2, -0.15) is 5.10 Å². The molecule has 0 aliphatic carbocycles. The van der Waals surface area contributed by atoms with Crippen LogP contribution in [0, 0.1) is 6.92 Å². The van der Waals surface area contributed by atoms with Gasteiger partial charge in [-0.3, -0.25) is 4.68 Å². The number of rotatable bonds is 3. The number of alkyl halides is 1. The van der Waals surface area contributed by atoms with Crippen molar-refractivity contribution < 1.29 is 0 Å². The molecule has 3 heterocycles. The lowest BCUT2D eigenvalue weighted by Crippen LogP contribution is -2.05. The third-order valence-electron chi connectivity index (χ3n) is 3.12. The Labute approximate surface area is 115 Å². The van der Waals surface area contributed by atoms with E-state index >= 15 is 0 Å². The summed E-state index contributed by atoms with van der Waals surface area (Å²) >= 11 is 5.99. The van der Waals surface area contributed by atoms with Gasteiger partial charge in [0.2, 0.25) is 0 Å². The molecule has 0 fully saturated rings. The van der Waals surface area contributed by atoms with Crippen molar-refractivity contribution >= 4 is 22.8 Å². The quantitative estimate of drug-likeness (QED) is 0.689. The molecule has 0 N–H and O–H groups in total. The highest BCUT2D eigenvalue weighted by molar-refractivity contribution is 6.16. The molecule has 0 aliphatic heterocycles. The second-order valence-electron chi connectivity index (χ2n) is 4.53. The van der Waals surface area contributed by atoms with E-state index in [1.54, 1.807) is 10.9 Å². The van der Waals surface area contributed by atoms with Crippen molar-refractivity contribution in [2.24, 2.45) is 7.05 Å². The van der Waals surface area contributed by atoms with Crippen LogP contribution in [0.4, 0.5) is 0 Å². The highest BCUT2D eigenvalue weighted by Gasteiger charge is 2.13. The number of hydrogen-bond donors (Lipinski definition) is 0. The Kier molecular flexibility index (Phi) is 2.98. The number of aromatic nitrogens is 5. The fourth-order valence-corrected chi connectivity index (χ4v) is 2.37. The molecule has 6 heteroatoms. The van der Waals surface area contributed by atoms with E-state index in [0.717, 1.165) is 28.2 Å². The monoisotopic (exact) mass is 275 g/mol. The van der Waals surface area contributed by atoms with Gasteiger partial charge in [-0.25, -0.2) is 9.97 Å². The van der Waals surface area contributed by atoms with Crippen LogP contribution in [-0.4, -0.2) is 24.3 Å². The van der Waals surface area contributed by atoms with Crippen LogP contribution in [0.1, 0.15) is 17.1 Å². The molecule has 3 aromatic heterocycles. The van der Waals surface area contributed by atoms with Crippen molar-refractivity contribution in [1.29, 1.82) is 0 Å². The standard InChI is InChI=1S/C13H14ClN5/c1-9-3-5-15-13-12(9)16-11(7-14)19(13)8-10-4-6-18(2)17-10/h3-6H,7-8H2,1-2H3. The molecule has 0 saturated carbocycles. The minimum absolute atomic E-state index is 0.364. The maximum absolute atomic E-state index is 5.99. The van der Waals surface area contributed by atoms with Crippen LogP contribution in [0.5, 0.6) is 0 Å². The number of pyridine rings is 1. The van der Waals surface area contributed by atoms with Crippen LogP contribution in [0.15, 0.2) is 24.5 Å². The summed E-state index contributed by atoms with van der Waals surface area (Å²) in [5.74, 6) is 1.19. The zero-order chi connectivity index (χ0) is 13.4. The van der Waals surface area contributed by atoms with Gasteiger partial charge >= 0.3 is 0 Å². The number of fused-ring (bicyclic) bond motifs is 1. The molecule has 0 bridgehead atoms. The van der Waals surface area contributed by atoms with E-state index < -0.39 is 0 Å². The summed E-state index contributed by atoms with van der Waals surface area (Å²) in [6, 6.07) is 3.94. The minimum Gasteiger partial charge on any atom is -0.306 e. The van der Waals surface area contributed by atoms with Crippen LogP contribution in [0.25, 0.3) is 11.2 Å². The topological polar surface area (TPSA) is 48.5 Å². The molecule has 0 aromatic carbocycles. The number of nitrogens with zero attached hydrogens (tertiary/aromatic N) is 5. The van der Waals surface area contributed by atoms with Crippen molar-refractivity contribution in [3.8, 4) is 0 Å². The molecular formula is C13H14ClN5. The zero-order valence-corrected chi connectivity index (χ0v) is 11.6. The molecule has 98 valence electrons. The Morgan fingerprint density at radius 1 is 1.32 bits per heavy atom. The largest absolute Gasteiger partial charge is 0.306 e. The Morgan fingerprint density at radius 2 is 2.16 bits per heavy atom. The van der Waals surface area contributed by atoms with Gasteiger partial charge in [0.15, 0.2) is 5.65 Å². The Morgan fingerprint density at radius 3 is 2.84 bits per heavy atom. The van der Waals surface area contributed by atoms with Crippen LogP contribution in [-0.2, 0) is 19.5 Å². The average Bonchev–Trinajstić information content (AvgIpc) is 2.96. The molecule has 19 heavy (non-hydrogen) atoms. The van der Waals surface area contributed by atoms with Crippen molar-refractivity contribution in [3.63, 3.8) is 0 Å². The molecule has 0 atom stereocenters. The molecule has 0 radical (unpaired) electrons. The third-order valence-corrected chi connectivity index (χ3v) is 3.36. The van der Waals surface area contributed by atoms with Gasteiger partial charge < -0.3 is 4.57 Å². The van der Waals surface area contributed by atoms with Crippen molar-refractivity contribution in [3.05, 3.63) is 41.6 Å². The molecule has 0 saturated heterocycles. The van der Waals surface area contributed by atoms with E-state index in [2.05, 4.69) is 15.1 Å². The summed E-state index contributed by atoms with van der Waals surface area (Å²) in [5.41, 5.74) is 3.85. The lowest BCUT2D eigenvalue weighted by molar-refractivity contribution is 0.698. The molecule has 0 unspecified atom stereocenters. The highest BCUT2D eigenvalue weighted by atomic mass is 35.5. The molecule has 0 aliphatic rings. The van der Waals surface area contributed by atoms with Gasteiger partial charge in [0.1, 0.15) is 11.3 Å². The smallest absolute Gasteiger partial charge is 0.160 e. The first-order valence-electron chi connectivity index (χ1n) is 6.04. The van der Waals surface area contributed by atoms with Crippen molar-refractivity contribution in [1.82, 2.24) is 24.3 Å². The number of imidazole rings is 1. The SMILES string of the molecule is Cc1ccnc2c1nc(CCl)n2Cc1ccn(C)n1. The summed E-state index contributed by atoms with van der Waals surface area (Å²) in [6.07, 6.45) is 3.72. The lowest BCUT2D eigenvalue weighted by atomic mass is 10.3. The summed E-state index contributed by atoms with van der Waals surface area (Å²) in [4.78, 5) is 8.99. The summed E-state index contributed by atoms with van der Waals surface area (Å²) in [7, 11) is 1.90. The zero-order valence-electron chi connectivity index (χ0n) is 10.8. The predicted octanol–water partition coefficient (Wildman–Crippen LogP) is 2.26. The lowest BCUT2D eigenvalue weighted by Gasteiger charge is -2.04. The summed E-state index contributed by atoms with van der Waals surface area (Å²) in [6.45, 7) is 2.66. The average molecular weight is 276 g/mol. The van der Waals surface area contributed by atoms with Gasteiger partial charge in [0.25, 0.3) is 0 Å². The number of halogens is 1. The van der Waals surface area contributed by atoms with Gasteiger partial charge in [-0.15, -0.1) is 11.6 Å². The number of hydrogen-bond acceptors (Lipinski definition) is 3. The molecule has 3 rings (SSSR count). The van der Waals surface area contributed by atoms with Gasteiger partial charge in [-0.1, -0.05) is 0 Å². The minimum atomic E-state index is 0.364. The van der Waals surface area contributed by atoms with Gasteiger partial charge in [-0.05, 0) is 24.6 Å². The Balaban J connectivity index is 2.13. The van der Waals surface area contributed by atoms with Gasteiger partial charge in [0.05, 0.1) is 18.1 Å². The van der Waals surface area contributed by atoms with Gasteiger partial charge in [0, 0.05) is 19.4 Å². The van der Waals surface area contributed by atoms with E-state index in [1.165, 1.54) is 0 Å². The second kappa shape index (κ2) is 4.66. The maximum atomic E-state index is 5.99. The number of aryl methyl sites for hydroxylation is 2. The molecule has 0 spiro atoms. The first-order chi connectivity index (χ1) is 9.19. The van der Waals surface area contributed by atoms with Crippen LogP contribution < -0.4 is 0 Å². The predicted molar refractivity (Wildman–Crippen MR) is 74.1 cm³/mol. The maximum Gasteiger partial charge on any atom is 0.160 e. The Hall–Kier alpha value is -1.88. The van der Waals surface area contributed by atoms with E-state index in [0.29, 0.717) is 12.4 Å². The third kappa shape index (κ3) is 2.10. The molecule has 0 amide bonds. The summed E-state index contributed by atoms with van der Waals surface area (Å²) in [5, 5.41) is 4.39. The fourth-order valence-electron chi connectivity index (χ4n) is 2.16. The van der Waals surface area contributed by atoms with Crippen LogP contribution in [0.3, 0.4) is 0 Å². The van der Waals surface area contributed by atoms with E-state index in [9.17, 15) is 0 Å². The van der Waals surface area contributed by atoms with Crippen molar-refractivity contribution in [2.75, 3.05) is 0 Å². The highest BCUT2D eigenvalue weighted by Crippen LogP contribution is 2.19. The van der Waals surface area contributed by atoms with Crippen LogP contribution in [0.2, 0.25) is 0 Å². The first kappa shape index (κ1) is 12.2. The van der Waals surface area contributed by atoms with E-state index in [-0.39, 0.29) is 0 Å². The molecular weight excluding hydrogens is 262 g/mol. The molecule has 3 aromatic rings. The van der Waals surface area contributed by atoms with Crippen LogP contribution >= 0.6 is 11.6 Å². The summed E-state index contributed by atoms with van der Waals surface area (Å²) < 4.78 is 3.81. The normalized spacial score (nSPS) is 11.3. The van der Waals surface area contributed by atoms with E-state index in [4.69, 9.17) is 11.6 Å². The van der Waals surface area contributed by atoms with Crippen molar-refractivity contribution in [2.45, 2.75) is 19.3 Å². The second-order valence-corrected chi connectivity index (χ2v) is 4.80. The fraction of sp³-hybridized carbons (Fsp3) is 0.308.